The summed E-state index contributed by atoms with van der Waals surface area (Å²) in [7, 11) is 3.19. The number of aromatic nitrogens is 4. The Morgan fingerprint density at radius 1 is 1.00 bits per heavy atom. The van der Waals surface area contributed by atoms with Crippen LogP contribution in [0.2, 0.25) is 0 Å². The minimum Gasteiger partial charge on any atom is -0.497 e. The normalized spacial score (nSPS) is 13.8. The van der Waals surface area contributed by atoms with E-state index in [0.717, 1.165) is 33.9 Å². The van der Waals surface area contributed by atoms with Crippen molar-refractivity contribution in [3.05, 3.63) is 60.4 Å². The van der Waals surface area contributed by atoms with E-state index in [1.54, 1.807) is 7.11 Å². The zero-order chi connectivity index (χ0) is 26.2. The third-order valence-corrected chi connectivity index (χ3v) is 6.73. The Labute approximate surface area is 219 Å². The summed E-state index contributed by atoms with van der Waals surface area (Å²) in [5, 5.41) is 7.11. The molecule has 4 aromatic rings. The van der Waals surface area contributed by atoms with E-state index in [-0.39, 0.29) is 6.04 Å². The summed E-state index contributed by atoms with van der Waals surface area (Å²) in [5.41, 5.74) is 9.64. The molecule has 0 unspecified atom stereocenters. The summed E-state index contributed by atoms with van der Waals surface area (Å²) in [6, 6.07) is 17.4. The number of nitrogens with one attached hydrogen (secondary N) is 2. The van der Waals surface area contributed by atoms with Crippen LogP contribution in [0.3, 0.4) is 0 Å². The van der Waals surface area contributed by atoms with Crippen molar-refractivity contribution in [1.29, 1.82) is 0 Å². The van der Waals surface area contributed by atoms with Crippen LogP contribution in [0.4, 0.5) is 11.8 Å². The summed E-state index contributed by atoms with van der Waals surface area (Å²) in [4.78, 5) is 14.3. The second-order valence-electron chi connectivity index (χ2n) is 9.58. The zero-order valence-electron chi connectivity index (χ0n) is 22.4. The van der Waals surface area contributed by atoms with Crippen molar-refractivity contribution in [2.24, 2.45) is 5.73 Å². The Morgan fingerprint density at radius 3 is 2.46 bits per heavy atom. The molecule has 0 spiro atoms. The Bertz CT molecular complexity index is 1280. The topological polar surface area (TPSA) is 103 Å². The minimum atomic E-state index is 0.273. The standard InChI is InChI=1S/C28H34N6O.CH5N/c1-19(2)34-18-30-25-26(32-28(33-27(25)34)31-23-9-5-4-6-10-23)29-17-20-12-14-21(15-13-20)22-8-7-11-24(16-22)35-3;1-2/h7-8,11-16,18-19,23H,4-6,9-10,17H2,1-3H3,(H2,29,31,32,33);2H2,1H3. The fourth-order valence-electron chi connectivity index (χ4n) is 4.72. The third kappa shape index (κ3) is 6.38. The van der Waals surface area contributed by atoms with Gasteiger partial charge < -0.3 is 25.7 Å². The number of imidazole rings is 1. The molecule has 5 rings (SSSR count). The zero-order valence-corrected chi connectivity index (χ0v) is 22.4. The summed E-state index contributed by atoms with van der Waals surface area (Å²) >= 11 is 0. The number of rotatable bonds is 8. The summed E-state index contributed by atoms with van der Waals surface area (Å²) < 4.78 is 7.47. The van der Waals surface area contributed by atoms with Crippen LogP contribution in [-0.4, -0.2) is 39.7 Å². The maximum Gasteiger partial charge on any atom is 0.227 e. The predicted molar refractivity (Wildman–Crippen MR) is 152 cm³/mol. The number of nitrogens with two attached hydrogens (primary N) is 1. The van der Waals surface area contributed by atoms with Gasteiger partial charge in [0.05, 0.1) is 13.4 Å². The molecule has 0 atom stereocenters. The van der Waals surface area contributed by atoms with Gasteiger partial charge in [0.1, 0.15) is 5.75 Å². The predicted octanol–water partition coefficient (Wildman–Crippen LogP) is 6.01. The van der Waals surface area contributed by atoms with Gasteiger partial charge in [-0.2, -0.15) is 9.97 Å². The Hall–Kier alpha value is -3.65. The van der Waals surface area contributed by atoms with E-state index in [0.29, 0.717) is 18.5 Å². The first kappa shape index (κ1) is 26.4. The third-order valence-electron chi connectivity index (χ3n) is 6.73. The fourth-order valence-corrected chi connectivity index (χ4v) is 4.72. The molecule has 0 amide bonds. The number of hydrogen-bond acceptors (Lipinski definition) is 7. The highest BCUT2D eigenvalue weighted by atomic mass is 16.5. The van der Waals surface area contributed by atoms with Crippen molar-refractivity contribution in [3.8, 4) is 16.9 Å². The van der Waals surface area contributed by atoms with Gasteiger partial charge in [-0.15, -0.1) is 0 Å². The molecule has 1 aliphatic rings. The average molecular weight is 502 g/mol. The van der Waals surface area contributed by atoms with E-state index in [1.165, 1.54) is 44.7 Å². The van der Waals surface area contributed by atoms with Gasteiger partial charge in [-0.1, -0.05) is 55.7 Å². The number of anilines is 2. The maximum absolute atomic E-state index is 5.36. The van der Waals surface area contributed by atoms with Crippen LogP contribution in [0.1, 0.15) is 57.6 Å². The highest BCUT2D eigenvalue weighted by Gasteiger charge is 2.18. The SMILES string of the molecule is CN.COc1cccc(-c2ccc(CNc3nc(NC4CCCCC4)nc4c3ncn4C(C)C)cc2)c1. The first-order valence-corrected chi connectivity index (χ1v) is 13.2. The smallest absolute Gasteiger partial charge is 0.227 e. The van der Waals surface area contributed by atoms with E-state index < -0.39 is 0 Å². The van der Waals surface area contributed by atoms with Crippen LogP contribution in [0.25, 0.3) is 22.3 Å². The van der Waals surface area contributed by atoms with Crippen molar-refractivity contribution < 1.29 is 4.74 Å². The van der Waals surface area contributed by atoms with Gasteiger partial charge in [0.2, 0.25) is 5.95 Å². The first-order chi connectivity index (χ1) is 18.1. The molecule has 0 saturated heterocycles. The molecule has 0 bridgehead atoms. The molecule has 2 aromatic heterocycles. The summed E-state index contributed by atoms with van der Waals surface area (Å²) in [5.74, 6) is 2.31. The van der Waals surface area contributed by atoms with E-state index in [4.69, 9.17) is 14.7 Å². The molecule has 0 aliphatic heterocycles. The van der Waals surface area contributed by atoms with Crippen LogP contribution in [0, 0.1) is 0 Å². The van der Waals surface area contributed by atoms with E-state index >= 15 is 0 Å². The van der Waals surface area contributed by atoms with Crippen LogP contribution >= 0.6 is 0 Å². The number of ether oxygens (including phenoxy) is 1. The van der Waals surface area contributed by atoms with Gasteiger partial charge in [0, 0.05) is 18.6 Å². The Balaban J connectivity index is 0.00000156. The van der Waals surface area contributed by atoms with Gasteiger partial charge in [-0.3, -0.25) is 0 Å². The lowest BCUT2D eigenvalue weighted by Gasteiger charge is -2.23. The molecule has 2 heterocycles. The van der Waals surface area contributed by atoms with Crippen LogP contribution in [0.15, 0.2) is 54.9 Å². The van der Waals surface area contributed by atoms with E-state index in [1.807, 2.05) is 18.5 Å². The van der Waals surface area contributed by atoms with Crippen LogP contribution in [-0.2, 0) is 6.54 Å². The second kappa shape index (κ2) is 12.5. The van der Waals surface area contributed by atoms with Gasteiger partial charge in [-0.05, 0) is 62.6 Å². The number of methoxy groups -OCH3 is 1. The molecule has 8 heteroatoms. The van der Waals surface area contributed by atoms with Crippen molar-refractivity contribution >= 4 is 22.9 Å². The molecule has 1 aliphatic carbocycles. The van der Waals surface area contributed by atoms with Crippen LogP contribution < -0.4 is 21.1 Å². The molecule has 8 nitrogen and oxygen atoms in total. The Morgan fingerprint density at radius 2 is 1.76 bits per heavy atom. The van der Waals surface area contributed by atoms with Crippen molar-refractivity contribution in [2.45, 2.75) is 64.6 Å². The van der Waals surface area contributed by atoms with Crippen LogP contribution in [0.5, 0.6) is 5.75 Å². The quantitative estimate of drug-likeness (QED) is 0.271. The van der Waals surface area contributed by atoms with Crippen molar-refractivity contribution in [3.63, 3.8) is 0 Å². The Kier molecular flexibility index (Phi) is 8.95. The molecule has 2 aromatic carbocycles. The molecule has 4 N–H and O–H groups in total. The van der Waals surface area contributed by atoms with Gasteiger partial charge >= 0.3 is 0 Å². The fraction of sp³-hybridized carbons (Fsp3) is 0.414. The van der Waals surface area contributed by atoms with Gasteiger partial charge in [-0.25, -0.2) is 4.98 Å². The van der Waals surface area contributed by atoms with E-state index in [9.17, 15) is 0 Å². The highest BCUT2D eigenvalue weighted by molar-refractivity contribution is 5.84. The van der Waals surface area contributed by atoms with Gasteiger partial charge in [0.15, 0.2) is 17.0 Å². The molecular weight excluding hydrogens is 462 g/mol. The first-order valence-electron chi connectivity index (χ1n) is 13.2. The molecule has 1 saturated carbocycles. The van der Waals surface area contributed by atoms with Crippen molar-refractivity contribution in [2.75, 3.05) is 24.8 Å². The summed E-state index contributed by atoms with van der Waals surface area (Å²) in [6.07, 6.45) is 8.06. The largest absolute Gasteiger partial charge is 0.497 e. The molecular formula is C29H39N7O. The van der Waals surface area contributed by atoms with E-state index in [2.05, 4.69) is 76.2 Å². The lowest BCUT2D eigenvalue weighted by Crippen LogP contribution is -2.24. The monoisotopic (exact) mass is 501 g/mol. The minimum absolute atomic E-state index is 0.273. The number of benzene rings is 2. The second-order valence-corrected chi connectivity index (χ2v) is 9.58. The maximum atomic E-state index is 5.36. The van der Waals surface area contributed by atoms with Crippen molar-refractivity contribution in [1.82, 2.24) is 19.5 Å². The number of nitrogens with zero attached hydrogens (tertiary/aromatic N) is 4. The number of hydrogen-bond donors (Lipinski definition) is 3. The highest BCUT2D eigenvalue weighted by Crippen LogP contribution is 2.27. The molecule has 196 valence electrons. The lowest BCUT2D eigenvalue weighted by molar-refractivity contribution is 0.415. The average Bonchev–Trinajstić information content (AvgIpc) is 3.38. The summed E-state index contributed by atoms with van der Waals surface area (Å²) in [6.45, 7) is 4.95. The lowest BCUT2D eigenvalue weighted by atomic mass is 9.96. The molecule has 0 radical (unpaired) electrons. The molecule has 37 heavy (non-hydrogen) atoms. The van der Waals surface area contributed by atoms with Gasteiger partial charge in [0.25, 0.3) is 0 Å². The number of fused-ring (bicyclic) bond motifs is 1. The molecule has 1 fully saturated rings.